The van der Waals surface area contributed by atoms with Crippen LogP contribution in [0.5, 0.6) is 0 Å². The molecule has 0 saturated carbocycles. The number of anilines is 2. The molecular formula is C46H50Br2N5O5PSi. The van der Waals surface area contributed by atoms with Gasteiger partial charge in [-0.25, -0.2) is 9.78 Å². The lowest BCUT2D eigenvalue weighted by atomic mass is 10.1. The molecule has 0 unspecified atom stereocenters. The molecule has 0 atom stereocenters. The van der Waals surface area contributed by atoms with Crippen molar-refractivity contribution in [1.29, 1.82) is 0 Å². The largest absolute Gasteiger partial charge is 1.00 e. The van der Waals surface area contributed by atoms with Gasteiger partial charge in [-0.1, -0.05) is 74.2 Å². The van der Waals surface area contributed by atoms with Crippen LogP contribution in [0.15, 0.2) is 138 Å². The van der Waals surface area contributed by atoms with E-state index in [1.54, 1.807) is 47.3 Å². The minimum atomic E-state index is -2.04. The number of carbonyl (C=O) groups excluding carboxylic acids is 3. The molecule has 2 amide bonds. The zero-order valence-corrected chi connectivity index (χ0v) is 39.3. The maximum Gasteiger partial charge on any atom is 0.411 e. The highest BCUT2D eigenvalue weighted by molar-refractivity contribution is 9.10. The lowest BCUT2D eigenvalue weighted by molar-refractivity contribution is -0.116. The summed E-state index contributed by atoms with van der Waals surface area (Å²) in [4.78, 5) is 49.0. The van der Waals surface area contributed by atoms with Crippen molar-refractivity contribution in [2.24, 2.45) is 0 Å². The van der Waals surface area contributed by atoms with Crippen molar-refractivity contribution < 1.29 is 40.8 Å². The number of halogens is 2. The summed E-state index contributed by atoms with van der Waals surface area (Å²) >= 11 is 3.39. The number of benzene rings is 4. The number of carbonyl (C=O) groups is 3. The highest BCUT2D eigenvalue weighted by Gasteiger charge is 2.44. The number of nitrogens with zero attached hydrogens (tertiary/aromatic N) is 3. The molecule has 0 aliphatic carbocycles. The number of pyridine rings is 1. The second kappa shape index (κ2) is 21.6. The number of methoxy groups -OCH3 is 1. The predicted molar refractivity (Wildman–Crippen MR) is 246 cm³/mol. The average Bonchev–Trinajstić information content (AvgIpc) is 3.67. The third kappa shape index (κ3) is 11.9. The Bertz CT molecular complexity index is 2250. The predicted octanol–water partition coefficient (Wildman–Crippen LogP) is 6.54. The van der Waals surface area contributed by atoms with Gasteiger partial charge < -0.3 is 36.3 Å². The normalized spacial score (nSPS) is 11.3. The minimum Gasteiger partial charge on any atom is -1.00 e. The van der Waals surface area contributed by atoms with Gasteiger partial charge in [0.05, 0.1) is 24.7 Å². The monoisotopic (exact) mass is 969 g/mol. The van der Waals surface area contributed by atoms with E-state index in [0.29, 0.717) is 35.7 Å². The Balaban J connectivity index is 0.00000683. The van der Waals surface area contributed by atoms with E-state index in [1.807, 2.05) is 0 Å². The second-order valence-corrected chi connectivity index (χ2v) is 25.5. The number of nitrogens with one attached hydrogen (secondary N) is 2. The molecule has 10 nitrogen and oxygen atoms in total. The summed E-state index contributed by atoms with van der Waals surface area (Å²) < 4.78 is 13.3. The fourth-order valence-corrected chi connectivity index (χ4v) is 12.2. The summed E-state index contributed by atoms with van der Waals surface area (Å²) in [6.45, 7) is 7.50. The average molecular weight is 972 g/mol. The molecule has 0 saturated heterocycles. The Labute approximate surface area is 372 Å². The zero-order valence-electron chi connectivity index (χ0n) is 34.2. The number of unbranched alkanes of at least 4 members (excludes halogenated alkanes) is 1. The van der Waals surface area contributed by atoms with Crippen LogP contribution >= 0.6 is 23.2 Å². The van der Waals surface area contributed by atoms with E-state index in [2.05, 4.69) is 142 Å². The van der Waals surface area contributed by atoms with Crippen LogP contribution in [0.3, 0.4) is 0 Å². The SMILES string of the molecule is COC(=O)Nc1ccc(-c2cn(COCC[Si](C)(C)C)c(C(=O)c3ccc(Br)cn3)n2)c(NC(=O)CCCC[P+](c2ccccc2)(c2ccccc2)c2ccccc2)c1.[Br-]. The smallest absolute Gasteiger partial charge is 0.411 e. The molecule has 60 heavy (non-hydrogen) atoms. The van der Waals surface area contributed by atoms with Crippen molar-refractivity contribution in [2.45, 2.75) is 51.7 Å². The lowest BCUT2D eigenvalue weighted by Gasteiger charge is -2.27. The van der Waals surface area contributed by atoms with E-state index in [-0.39, 0.29) is 53.3 Å². The highest BCUT2D eigenvalue weighted by Crippen LogP contribution is 2.56. The Morgan fingerprint density at radius 1 is 0.800 bits per heavy atom. The molecule has 6 aromatic rings. The summed E-state index contributed by atoms with van der Waals surface area (Å²) in [6.07, 6.45) is 5.30. The number of hydrogen-bond acceptors (Lipinski definition) is 7. The first-order valence-electron chi connectivity index (χ1n) is 19.6. The fraction of sp³-hybridized carbons (Fsp3) is 0.239. The molecule has 14 heteroatoms. The Kier molecular flexibility index (Phi) is 16.7. The number of rotatable bonds is 18. The van der Waals surface area contributed by atoms with Gasteiger partial charge in [0.25, 0.3) is 0 Å². The number of amides is 2. The van der Waals surface area contributed by atoms with Crippen molar-refractivity contribution in [3.05, 3.63) is 150 Å². The third-order valence-electron chi connectivity index (χ3n) is 9.91. The molecule has 6 rings (SSSR count). The van der Waals surface area contributed by atoms with E-state index in [4.69, 9.17) is 14.5 Å². The van der Waals surface area contributed by atoms with E-state index in [9.17, 15) is 14.4 Å². The molecule has 0 radical (unpaired) electrons. The molecule has 0 fully saturated rings. The van der Waals surface area contributed by atoms with Gasteiger partial charge in [-0.2, -0.15) is 0 Å². The molecule has 2 aromatic heterocycles. The standard InChI is InChI=1S/C46H49BrN5O5PSi.BrH/c1-56-46(55)49-35-24-25-39(42-32-52(33-57-27-29-59(2,3)4)45(51-42)44(54)40-26-23-34(47)31-48-40)41(30-35)50-43(53)22-14-15-28-58(36-16-8-5-9-17-36,37-18-10-6-11-19-37)38-20-12-7-13-21-38;/h5-13,16-21,23-26,30-32H,14-15,22,27-29,33H2,1-4H3,(H-,49,50,53,55);1H. The second-order valence-electron chi connectivity index (χ2n) is 15.4. The van der Waals surface area contributed by atoms with Gasteiger partial charge in [0.1, 0.15) is 35.6 Å². The van der Waals surface area contributed by atoms with Crippen LogP contribution in [0, 0.1) is 0 Å². The van der Waals surface area contributed by atoms with Crippen molar-refractivity contribution in [2.75, 3.05) is 30.5 Å². The number of imidazole rings is 1. The maximum absolute atomic E-state index is 13.8. The van der Waals surface area contributed by atoms with E-state index < -0.39 is 21.4 Å². The van der Waals surface area contributed by atoms with Gasteiger partial charge in [-0.3, -0.25) is 19.9 Å². The molecule has 0 aliphatic heterocycles. The van der Waals surface area contributed by atoms with Crippen LogP contribution in [-0.4, -0.2) is 60.3 Å². The van der Waals surface area contributed by atoms with Crippen molar-refractivity contribution >= 4 is 76.3 Å². The van der Waals surface area contributed by atoms with E-state index in [0.717, 1.165) is 23.1 Å². The van der Waals surface area contributed by atoms with Gasteiger partial charge in [0.15, 0.2) is 5.82 Å². The summed E-state index contributed by atoms with van der Waals surface area (Å²) in [5.41, 5.74) is 2.09. The molecule has 2 heterocycles. The van der Waals surface area contributed by atoms with Crippen LogP contribution in [0.2, 0.25) is 25.7 Å². The van der Waals surface area contributed by atoms with Crippen molar-refractivity contribution in [1.82, 2.24) is 14.5 Å². The van der Waals surface area contributed by atoms with E-state index in [1.165, 1.54) is 23.0 Å². The van der Waals surface area contributed by atoms with E-state index >= 15 is 0 Å². The van der Waals surface area contributed by atoms with Crippen LogP contribution in [-0.2, 0) is 21.0 Å². The number of ether oxygens (including phenoxy) is 2. The Morgan fingerprint density at radius 3 is 1.97 bits per heavy atom. The molecule has 312 valence electrons. The van der Waals surface area contributed by atoms with Crippen molar-refractivity contribution in [3.8, 4) is 11.3 Å². The van der Waals surface area contributed by atoms with Gasteiger partial charge >= 0.3 is 6.09 Å². The highest BCUT2D eigenvalue weighted by atomic mass is 79.9. The number of aromatic nitrogens is 3. The molecule has 0 spiro atoms. The van der Waals surface area contributed by atoms with Crippen LogP contribution in [0.25, 0.3) is 11.3 Å². The first-order chi connectivity index (χ1) is 28.5. The van der Waals surface area contributed by atoms with Crippen molar-refractivity contribution in [3.63, 3.8) is 0 Å². The third-order valence-corrected chi connectivity index (χ3v) is 16.6. The van der Waals surface area contributed by atoms with Crippen LogP contribution in [0.1, 0.15) is 35.6 Å². The summed E-state index contributed by atoms with van der Waals surface area (Å²) in [7, 11) is -2.11. The molecule has 0 aliphatic rings. The van der Waals surface area contributed by atoms with Crippen LogP contribution < -0.4 is 43.5 Å². The summed E-state index contributed by atoms with van der Waals surface area (Å²) in [5.74, 6) is -0.402. The van der Waals surface area contributed by atoms with Gasteiger partial charge in [-0.15, -0.1) is 0 Å². The number of ketones is 1. The zero-order chi connectivity index (χ0) is 41.8. The maximum atomic E-state index is 13.8. The first kappa shape index (κ1) is 46.3. The lowest BCUT2D eigenvalue weighted by Crippen LogP contribution is -3.00. The minimum absolute atomic E-state index is 0. The summed E-state index contributed by atoms with van der Waals surface area (Å²) in [6, 6.07) is 41.6. The molecular weight excluding hydrogens is 921 g/mol. The van der Waals surface area contributed by atoms with Gasteiger partial charge in [0.2, 0.25) is 11.7 Å². The number of hydrogen-bond donors (Lipinski definition) is 2. The van der Waals surface area contributed by atoms with Gasteiger partial charge in [-0.05, 0) is 102 Å². The molecule has 2 N–H and O–H groups in total. The first-order valence-corrected chi connectivity index (χ1v) is 26.1. The molecule has 4 aromatic carbocycles. The Morgan fingerprint density at radius 2 is 1.42 bits per heavy atom. The van der Waals surface area contributed by atoms with Gasteiger partial charge in [0, 0.05) is 49.2 Å². The fourth-order valence-electron chi connectivity index (χ4n) is 6.84. The van der Waals surface area contributed by atoms with Crippen LogP contribution in [0.4, 0.5) is 16.2 Å². The topological polar surface area (TPSA) is 124 Å². The Hall–Kier alpha value is -4.78. The molecule has 0 bridgehead atoms. The summed E-state index contributed by atoms with van der Waals surface area (Å²) in [5, 5.41) is 9.69. The quantitative estimate of drug-likeness (QED) is 0.0435.